The second-order valence-electron chi connectivity index (χ2n) is 11.3. The summed E-state index contributed by atoms with van der Waals surface area (Å²) in [5.74, 6) is -9.93. The number of halogens is 12. The highest BCUT2D eigenvalue weighted by atomic mass is 35.5. The van der Waals surface area contributed by atoms with Gasteiger partial charge < -0.3 is 16.0 Å². The second kappa shape index (κ2) is 12.9. The fourth-order valence-electron chi connectivity index (χ4n) is 5.03. The van der Waals surface area contributed by atoms with E-state index >= 15 is 4.39 Å². The topological polar surface area (TPSA) is 96.5 Å². The highest BCUT2D eigenvalue weighted by molar-refractivity contribution is 6.53. The van der Waals surface area contributed by atoms with Crippen LogP contribution >= 0.6 is 34.8 Å². The van der Waals surface area contributed by atoms with Gasteiger partial charge in [0.15, 0.2) is 5.82 Å². The molecule has 0 heterocycles. The van der Waals surface area contributed by atoms with Gasteiger partial charge in [0.05, 0.1) is 39.8 Å². The molecule has 0 spiro atoms. The summed E-state index contributed by atoms with van der Waals surface area (Å²) in [7, 11) is 0. The Kier molecular flexibility index (Phi) is 9.60. The Bertz CT molecular complexity index is 1850. The number of hydrogen-bond donors (Lipinski definition) is 3. The Hall–Kier alpha value is -3.73. The summed E-state index contributed by atoms with van der Waals surface area (Å²) in [5, 5.41) is 6.21. The molecular weight excluding hydrogens is 744 g/mol. The normalized spacial score (nSPS) is 19.2. The average Bonchev–Trinajstić information content (AvgIpc) is 3.90. The summed E-state index contributed by atoms with van der Waals surface area (Å²) >= 11 is 18.5. The van der Waals surface area contributed by atoms with Crippen molar-refractivity contribution in [2.75, 3.05) is 22.6 Å². The number of anilines is 3. The van der Waals surface area contributed by atoms with E-state index < -0.39 is 92.8 Å². The number of alkyl halides is 8. The molecule has 3 amide bonds. The van der Waals surface area contributed by atoms with E-state index in [1.165, 1.54) is 6.07 Å². The summed E-state index contributed by atoms with van der Waals surface area (Å²) in [4.78, 5) is 38.7. The molecule has 2 aliphatic rings. The van der Waals surface area contributed by atoms with Gasteiger partial charge in [0.2, 0.25) is 11.8 Å². The van der Waals surface area contributed by atoms with E-state index in [-0.39, 0.29) is 34.7 Å². The molecule has 0 bridgehead atoms. The van der Waals surface area contributed by atoms with Crippen LogP contribution in [0.4, 0.5) is 56.6 Å². The minimum atomic E-state index is -5.04. The predicted molar refractivity (Wildman–Crippen MR) is 159 cm³/mol. The molecule has 0 unspecified atom stereocenters. The maximum absolute atomic E-state index is 15.3. The number of hydrogen-bond acceptors (Lipinski definition) is 4. The summed E-state index contributed by atoms with van der Waals surface area (Å²) in [5.41, 5.74) is -5.58. The van der Waals surface area contributed by atoms with E-state index in [9.17, 15) is 49.5 Å². The van der Waals surface area contributed by atoms with Gasteiger partial charge in [-0.3, -0.25) is 19.1 Å². The van der Waals surface area contributed by atoms with E-state index in [1.807, 2.05) is 5.32 Å². The van der Waals surface area contributed by atoms with Crippen molar-refractivity contribution in [2.24, 2.45) is 11.3 Å². The largest absolute Gasteiger partial charge is 0.522 e. The molecule has 2 atom stereocenters. The molecule has 2 fully saturated rings. The number of nitrogens with one attached hydrogen (secondary N) is 3. The van der Waals surface area contributed by atoms with Crippen LogP contribution in [-0.2, 0) is 20.5 Å². The first-order valence-corrected chi connectivity index (χ1v) is 14.9. The Morgan fingerprint density at radius 1 is 0.857 bits per heavy atom. The molecule has 3 aromatic rings. The Balaban J connectivity index is 1.29. The smallest absolute Gasteiger partial charge is 0.326 e. The lowest BCUT2D eigenvalue weighted by atomic mass is 10.0. The van der Waals surface area contributed by atoms with E-state index in [0.717, 1.165) is 24.3 Å². The first-order valence-electron chi connectivity index (χ1n) is 13.8. The van der Waals surface area contributed by atoms with Gasteiger partial charge in [-0.1, -0.05) is 17.7 Å². The zero-order valence-corrected chi connectivity index (χ0v) is 26.3. The van der Waals surface area contributed by atoms with Gasteiger partial charge in [-0.25, -0.2) is 13.2 Å². The van der Waals surface area contributed by atoms with Gasteiger partial charge in [0.25, 0.3) is 5.91 Å². The minimum Gasteiger partial charge on any atom is -0.326 e. The van der Waals surface area contributed by atoms with Gasteiger partial charge in [-0.15, -0.1) is 36.4 Å². The molecule has 7 nitrogen and oxygen atoms in total. The van der Waals surface area contributed by atoms with Crippen molar-refractivity contribution in [3.8, 4) is 0 Å². The zero-order chi connectivity index (χ0) is 36.3. The van der Waals surface area contributed by atoms with Crippen molar-refractivity contribution in [1.29, 1.82) is 0 Å². The van der Waals surface area contributed by atoms with E-state index in [4.69, 9.17) is 34.8 Å². The number of ether oxygens (including phenoxy) is 1. The summed E-state index contributed by atoms with van der Waals surface area (Å²) in [6.45, 7) is -1.07. The van der Waals surface area contributed by atoms with E-state index in [0.29, 0.717) is 18.2 Å². The van der Waals surface area contributed by atoms with Crippen molar-refractivity contribution < 1.29 is 58.6 Å². The molecule has 2 saturated carbocycles. The van der Waals surface area contributed by atoms with Gasteiger partial charge >= 0.3 is 12.5 Å². The van der Waals surface area contributed by atoms with Crippen molar-refractivity contribution in [2.45, 2.75) is 35.6 Å². The van der Waals surface area contributed by atoms with Crippen LogP contribution in [0.1, 0.15) is 40.2 Å². The molecule has 49 heavy (non-hydrogen) atoms. The van der Waals surface area contributed by atoms with Crippen LogP contribution in [-0.4, -0.2) is 35.0 Å². The molecule has 3 aromatic carbocycles. The molecule has 19 heteroatoms. The molecule has 0 radical (unpaired) electrons. The van der Waals surface area contributed by atoms with E-state index in [2.05, 4.69) is 15.4 Å². The van der Waals surface area contributed by atoms with Crippen LogP contribution < -0.4 is 16.0 Å². The summed E-state index contributed by atoms with van der Waals surface area (Å²) < 4.78 is 122. The molecular formula is C30H19Cl3F9N3O4. The maximum Gasteiger partial charge on any atom is 0.522 e. The van der Waals surface area contributed by atoms with Crippen molar-refractivity contribution in [3.05, 3.63) is 87.7 Å². The van der Waals surface area contributed by atoms with Gasteiger partial charge in [-0.05, 0) is 60.9 Å². The third-order valence-electron chi connectivity index (χ3n) is 7.89. The standard InChI is InChI=1S/C30H19Cl3F9N3O4/c31-16-3-2-13(43-25(47)21-20(28(21,32)33)12-1-4-17(34)15(9-12)29(37,38)39)10-14(16)24(46)44-19-6-5-18(35)23(22(19)36)45-26(48)27(7-8-27)11-49-30(40,41)42/h1-6,9-10,20-21H,7-8,11H2,(H,43,47)(H,44,46)(H,45,48)/t20-,21+/m0/s1. The van der Waals surface area contributed by atoms with Crippen LogP contribution in [0.15, 0.2) is 48.5 Å². The van der Waals surface area contributed by atoms with Crippen molar-refractivity contribution in [1.82, 2.24) is 0 Å². The van der Waals surface area contributed by atoms with Crippen LogP contribution in [0.3, 0.4) is 0 Å². The first kappa shape index (κ1) is 36.5. The van der Waals surface area contributed by atoms with E-state index in [1.54, 1.807) is 0 Å². The Morgan fingerprint density at radius 2 is 1.51 bits per heavy atom. The molecule has 0 saturated heterocycles. The number of carbonyl (C=O) groups is 3. The first-order chi connectivity index (χ1) is 22.6. The van der Waals surface area contributed by atoms with Gasteiger partial charge in [0.1, 0.15) is 21.7 Å². The molecule has 3 N–H and O–H groups in total. The molecule has 0 aliphatic heterocycles. The summed E-state index contributed by atoms with van der Waals surface area (Å²) in [6, 6.07) is 6.97. The summed E-state index contributed by atoms with van der Waals surface area (Å²) in [6.07, 6.45) is -10.1. The van der Waals surface area contributed by atoms with Crippen LogP contribution in [0, 0.1) is 28.8 Å². The number of carbonyl (C=O) groups excluding carboxylic acids is 3. The third-order valence-corrected chi connectivity index (χ3v) is 9.16. The fraction of sp³-hybridized carbons (Fsp3) is 0.300. The Labute approximate surface area is 285 Å². The molecule has 2 aliphatic carbocycles. The second-order valence-corrected chi connectivity index (χ2v) is 13.1. The highest BCUT2D eigenvalue weighted by Crippen LogP contribution is 2.65. The van der Waals surface area contributed by atoms with Crippen molar-refractivity contribution >= 4 is 69.6 Å². The van der Waals surface area contributed by atoms with Crippen LogP contribution in [0.5, 0.6) is 0 Å². The minimum absolute atomic E-state index is 0.0383. The lowest BCUT2D eigenvalue weighted by Gasteiger charge is -2.18. The predicted octanol–water partition coefficient (Wildman–Crippen LogP) is 8.81. The zero-order valence-electron chi connectivity index (χ0n) is 24.1. The Morgan fingerprint density at radius 3 is 2.12 bits per heavy atom. The maximum atomic E-state index is 15.3. The van der Waals surface area contributed by atoms with Gasteiger partial charge in [-0.2, -0.15) is 13.2 Å². The van der Waals surface area contributed by atoms with Gasteiger partial charge in [0, 0.05) is 11.6 Å². The van der Waals surface area contributed by atoms with Crippen molar-refractivity contribution in [3.63, 3.8) is 0 Å². The third kappa shape index (κ3) is 7.71. The lowest BCUT2D eigenvalue weighted by molar-refractivity contribution is -0.328. The van der Waals surface area contributed by atoms with Crippen LogP contribution in [0.2, 0.25) is 5.02 Å². The molecule has 0 aromatic heterocycles. The average molecular weight is 763 g/mol. The highest BCUT2D eigenvalue weighted by Gasteiger charge is 2.67. The monoisotopic (exact) mass is 761 g/mol. The SMILES string of the molecule is O=C(Nc1ccc(F)c(NC(=O)C2(COC(F)(F)F)CC2)c1F)c1cc(NC(=O)[C@H]2[C@H](c3ccc(F)c(C(F)(F)F)c3)C2(Cl)Cl)ccc1Cl. The quantitative estimate of drug-likeness (QED) is 0.150. The number of benzene rings is 3. The molecule has 262 valence electrons. The number of rotatable bonds is 9. The number of amides is 3. The van der Waals surface area contributed by atoms with Crippen LogP contribution in [0.25, 0.3) is 0 Å². The molecule has 5 rings (SSSR count). The lowest BCUT2D eigenvalue weighted by Crippen LogP contribution is -2.31. The fourth-order valence-corrected chi connectivity index (χ4v) is 6.06.